The van der Waals surface area contributed by atoms with Crippen LogP contribution in [0.3, 0.4) is 0 Å². The molecule has 0 fully saturated rings. The maximum atomic E-state index is 8.94. The van der Waals surface area contributed by atoms with Crippen LogP contribution in [0.25, 0.3) is 0 Å². The molecule has 0 atom stereocenters. The van der Waals surface area contributed by atoms with Gasteiger partial charge in [0.15, 0.2) is 0 Å². The molecule has 0 bridgehead atoms. The number of amides is 1. The quantitative estimate of drug-likeness (QED) is 0.165. The summed E-state index contributed by atoms with van der Waals surface area (Å²) in [5.41, 5.74) is 7.55. The fraction of sp³-hybridized carbons (Fsp3) is 0.167. The number of hydrazine groups is 2. The van der Waals surface area contributed by atoms with Gasteiger partial charge in [-0.3, -0.25) is 10.2 Å². The van der Waals surface area contributed by atoms with Crippen molar-refractivity contribution in [1.29, 1.82) is 0 Å². The molecular formula is C24H29N5O3. The number of benzene rings is 3. The molecule has 0 aliphatic carbocycles. The van der Waals surface area contributed by atoms with Crippen molar-refractivity contribution in [3.63, 3.8) is 0 Å². The van der Waals surface area contributed by atoms with Gasteiger partial charge >= 0.3 is 0 Å². The molecule has 0 aliphatic rings. The minimum absolute atomic E-state index is 0.403. The van der Waals surface area contributed by atoms with Gasteiger partial charge in [0, 0.05) is 23.7 Å². The van der Waals surface area contributed by atoms with Crippen molar-refractivity contribution < 1.29 is 14.4 Å². The topological polar surface area (TPSA) is 115 Å². The Balaban J connectivity index is 0.000000837. The normalized spacial score (nSPS) is 10.5. The van der Waals surface area contributed by atoms with E-state index in [1.165, 1.54) is 0 Å². The van der Waals surface area contributed by atoms with Crippen molar-refractivity contribution >= 4 is 17.8 Å². The molecule has 168 valence electrons. The second-order valence-electron chi connectivity index (χ2n) is 6.77. The number of aryl methyl sites for hydroxylation is 1. The maximum absolute atomic E-state index is 8.94. The minimum atomic E-state index is 0.403. The molecule has 0 saturated heterocycles. The Morgan fingerprint density at radius 2 is 1.72 bits per heavy atom. The fourth-order valence-electron chi connectivity index (χ4n) is 3.05. The molecule has 0 spiro atoms. The third-order valence-electron chi connectivity index (χ3n) is 4.55. The second-order valence-corrected chi connectivity index (χ2v) is 6.77. The molecule has 0 saturated carbocycles. The lowest BCUT2D eigenvalue weighted by Crippen LogP contribution is -2.26. The predicted octanol–water partition coefficient (Wildman–Crippen LogP) is 2.89. The molecule has 3 rings (SSSR count). The monoisotopic (exact) mass is 435 g/mol. The number of hydrogen-bond donors (Lipinski definition) is 3. The van der Waals surface area contributed by atoms with E-state index in [0.717, 1.165) is 39.4 Å². The third-order valence-corrected chi connectivity index (χ3v) is 4.55. The average Bonchev–Trinajstić information content (AvgIpc) is 2.82. The smallest absolute Gasteiger partial charge is 0.221 e. The number of nitrogens with one attached hydrogen (secondary N) is 1. The second kappa shape index (κ2) is 12.7. The van der Waals surface area contributed by atoms with Gasteiger partial charge in [-0.25, -0.2) is 11.7 Å². The number of ether oxygens (including phenoxy) is 1. The van der Waals surface area contributed by atoms with Crippen molar-refractivity contribution in [2.45, 2.75) is 13.5 Å². The van der Waals surface area contributed by atoms with Crippen LogP contribution in [0.15, 0.2) is 78.0 Å². The zero-order valence-corrected chi connectivity index (χ0v) is 18.5. The predicted molar refractivity (Wildman–Crippen MR) is 127 cm³/mol. The van der Waals surface area contributed by atoms with Gasteiger partial charge in [0.1, 0.15) is 25.2 Å². The van der Waals surface area contributed by atoms with Crippen LogP contribution in [0.4, 0.5) is 5.69 Å². The molecule has 0 unspecified atom stereocenters. The van der Waals surface area contributed by atoms with E-state index in [2.05, 4.69) is 24.0 Å². The van der Waals surface area contributed by atoms with E-state index >= 15 is 0 Å². The zero-order chi connectivity index (χ0) is 23.3. The standard InChI is InChI=1S/C23H25N3O2.CH4N2O/c1-17-9-7-14-22(26(2)24)21(17)16-28-20-13-8-12-19(15-20)23(25-27-3)18-10-5-4-6-11-18;2-3-1-4/h4-15H,16,24H2,1-3H3;1H,2H2,(H,3,4). The molecule has 5 N–H and O–H groups in total. The Bertz CT molecular complexity index is 1020. The molecule has 0 aromatic heterocycles. The highest BCUT2D eigenvalue weighted by Crippen LogP contribution is 2.24. The summed E-state index contributed by atoms with van der Waals surface area (Å²) in [4.78, 5) is 14.0. The average molecular weight is 436 g/mol. The van der Waals surface area contributed by atoms with Crippen molar-refractivity contribution in [2.75, 3.05) is 19.2 Å². The first-order chi connectivity index (χ1) is 15.5. The molecule has 0 radical (unpaired) electrons. The highest BCUT2D eigenvalue weighted by atomic mass is 16.6. The molecule has 0 heterocycles. The Morgan fingerprint density at radius 3 is 2.34 bits per heavy atom. The van der Waals surface area contributed by atoms with Gasteiger partial charge in [0.2, 0.25) is 6.41 Å². The number of rotatable bonds is 8. The van der Waals surface area contributed by atoms with Gasteiger partial charge in [-0.05, 0) is 30.7 Å². The molecule has 8 heteroatoms. The van der Waals surface area contributed by atoms with E-state index in [1.807, 2.05) is 73.8 Å². The first kappa shape index (κ1) is 24.4. The van der Waals surface area contributed by atoms with Crippen molar-refractivity contribution in [1.82, 2.24) is 5.43 Å². The Kier molecular flexibility index (Phi) is 9.70. The fourth-order valence-corrected chi connectivity index (χ4v) is 3.05. The summed E-state index contributed by atoms with van der Waals surface area (Å²) in [5, 5.41) is 5.83. The van der Waals surface area contributed by atoms with Crippen LogP contribution in [0.1, 0.15) is 22.3 Å². The number of nitrogens with two attached hydrogens (primary N) is 2. The van der Waals surface area contributed by atoms with E-state index in [4.69, 9.17) is 20.2 Å². The number of carbonyl (C=O) groups is 1. The molecule has 3 aromatic rings. The lowest BCUT2D eigenvalue weighted by molar-refractivity contribution is -0.109. The number of nitrogens with zero attached hydrogens (tertiary/aromatic N) is 2. The summed E-state index contributed by atoms with van der Waals surface area (Å²) in [7, 11) is 3.37. The Labute approximate surface area is 188 Å². The van der Waals surface area contributed by atoms with Gasteiger partial charge < -0.3 is 14.6 Å². The van der Waals surface area contributed by atoms with E-state index in [0.29, 0.717) is 13.0 Å². The first-order valence-electron chi connectivity index (χ1n) is 9.88. The van der Waals surface area contributed by atoms with Crippen LogP contribution in [-0.2, 0) is 16.2 Å². The summed E-state index contributed by atoms with van der Waals surface area (Å²) in [6.45, 7) is 2.48. The van der Waals surface area contributed by atoms with Gasteiger partial charge in [-0.2, -0.15) is 0 Å². The van der Waals surface area contributed by atoms with Gasteiger partial charge in [0.05, 0.1) is 5.69 Å². The summed E-state index contributed by atoms with van der Waals surface area (Å²) >= 11 is 0. The maximum Gasteiger partial charge on any atom is 0.221 e. The van der Waals surface area contributed by atoms with Gasteiger partial charge in [0.25, 0.3) is 0 Å². The number of hydrogen-bond acceptors (Lipinski definition) is 7. The lowest BCUT2D eigenvalue weighted by Gasteiger charge is -2.19. The number of carbonyl (C=O) groups excluding carboxylic acids is 1. The van der Waals surface area contributed by atoms with Crippen LogP contribution < -0.4 is 26.9 Å². The minimum Gasteiger partial charge on any atom is -0.489 e. The van der Waals surface area contributed by atoms with E-state index in [-0.39, 0.29) is 0 Å². The third kappa shape index (κ3) is 6.83. The Hall–Kier alpha value is -3.88. The van der Waals surface area contributed by atoms with E-state index in [1.54, 1.807) is 17.5 Å². The molecule has 3 aromatic carbocycles. The van der Waals surface area contributed by atoms with Crippen molar-refractivity contribution in [2.24, 2.45) is 16.8 Å². The Morgan fingerprint density at radius 1 is 1.06 bits per heavy atom. The zero-order valence-electron chi connectivity index (χ0n) is 18.5. The van der Waals surface area contributed by atoms with Crippen molar-refractivity contribution in [3.05, 3.63) is 95.1 Å². The van der Waals surface area contributed by atoms with Gasteiger partial charge in [-0.1, -0.05) is 59.8 Å². The summed E-state index contributed by atoms with van der Waals surface area (Å²) in [6, 6.07) is 23.8. The molecule has 1 amide bonds. The van der Waals surface area contributed by atoms with E-state index in [9.17, 15) is 0 Å². The molecule has 0 aliphatic heterocycles. The van der Waals surface area contributed by atoms with Crippen LogP contribution in [0, 0.1) is 6.92 Å². The van der Waals surface area contributed by atoms with Crippen LogP contribution in [0.5, 0.6) is 5.75 Å². The molecule has 8 nitrogen and oxygen atoms in total. The SMILES string of the molecule is CON=C(c1ccccc1)c1cccc(OCc2c(C)cccc2N(C)N)c1.NNC=O. The van der Waals surface area contributed by atoms with Crippen LogP contribution in [-0.4, -0.2) is 26.3 Å². The lowest BCUT2D eigenvalue weighted by atomic mass is 10.0. The van der Waals surface area contributed by atoms with Crippen molar-refractivity contribution in [3.8, 4) is 5.75 Å². The summed E-state index contributed by atoms with van der Waals surface area (Å²) in [5.74, 6) is 11.1. The molecule has 32 heavy (non-hydrogen) atoms. The van der Waals surface area contributed by atoms with Crippen LogP contribution in [0.2, 0.25) is 0 Å². The highest BCUT2D eigenvalue weighted by Gasteiger charge is 2.11. The summed E-state index contributed by atoms with van der Waals surface area (Å²) in [6.07, 6.45) is 0.403. The molecular weight excluding hydrogens is 406 g/mol. The number of anilines is 1. The number of oxime groups is 1. The van der Waals surface area contributed by atoms with Gasteiger partial charge in [-0.15, -0.1) is 0 Å². The summed E-state index contributed by atoms with van der Waals surface area (Å²) < 4.78 is 6.09. The largest absolute Gasteiger partial charge is 0.489 e. The van der Waals surface area contributed by atoms with E-state index < -0.39 is 0 Å². The first-order valence-corrected chi connectivity index (χ1v) is 9.88. The highest BCUT2D eigenvalue weighted by molar-refractivity contribution is 6.12. The van der Waals surface area contributed by atoms with Crippen LogP contribution >= 0.6 is 0 Å².